The highest BCUT2D eigenvalue weighted by atomic mass is 35.5. The number of piperazine rings is 1. The lowest BCUT2D eigenvalue weighted by molar-refractivity contribution is 0.111. The van der Waals surface area contributed by atoms with E-state index >= 15 is 0 Å². The maximum absolute atomic E-state index is 9.70. The fourth-order valence-electron chi connectivity index (χ4n) is 2.63. The highest BCUT2D eigenvalue weighted by Crippen LogP contribution is 2.26. The van der Waals surface area contributed by atoms with E-state index in [9.17, 15) is 5.11 Å². The van der Waals surface area contributed by atoms with E-state index in [2.05, 4.69) is 55.3 Å². The third kappa shape index (κ3) is 4.19. The van der Waals surface area contributed by atoms with Crippen molar-refractivity contribution in [1.29, 1.82) is 0 Å². The molecule has 0 bridgehead atoms. The molecule has 1 aromatic rings. The Hall–Kier alpha value is -0.610. The fourth-order valence-corrected chi connectivity index (χ4v) is 2.63. The molecular formula is C16H27ClN2O. The third-order valence-electron chi connectivity index (χ3n) is 3.93. The molecule has 1 aromatic carbocycles. The van der Waals surface area contributed by atoms with Crippen LogP contribution in [0.1, 0.15) is 37.9 Å². The van der Waals surface area contributed by atoms with Gasteiger partial charge in [0.1, 0.15) is 0 Å². The molecule has 4 heteroatoms. The third-order valence-corrected chi connectivity index (χ3v) is 3.93. The van der Waals surface area contributed by atoms with E-state index < -0.39 is 0 Å². The number of nitrogens with zero attached hydrogens (tertiary/aromatic N) is 1. The van der Waals surface area contributed by atoms with Crippen molar-refractivity contribution >= 4 is 12.4 Å². The minimum Gasteiger partial charge on any atom is -0.394 e. The molecule has 0 spiro atoms. The average Bonchev–Trinajstić information content (AvgIpc) is 2.40. The van der Waals surface area contributed by atoms with Gasteiger partial charge < -0.3 is 10.4 Å². The first kappa shape index (κ1) is 17.4. The van der Waals surface area contributed by atoms with Gasteiger partial charge in [-0.05, 0) is 16.5 Å². The van der Waals surface area contributed by atoms with E-state index in [1.165, 1.54) is 11.1 Å². The number of aliphatic hydroxyl groups is 1. The van der Waals surface area contributed by atoms with Crippen LogP contribution in [0, 0.1) is 0 Å². The van der Waals surface area contributed by atoms with Gasteiger partial charge in [0, 0.05) is 26.2 Å². The van der Waals surface area contributed by atoms with Crippen LogP contribution in [-0.4, -0.2) is 42.8 Å². The van der Waals surface area contributed by atoms with Crippen molar-refractivity contribution in [2.24, 2.45) is 0 Å². The zero-order valence-corrected chi connectivity index (χ0v) is 13.5. The largest absolute Gasteiger partial charge is 0.394 e. The van der Waals surface area contributed by atoms with Crippen LogP contribution in [0.2, 0.25) is 0 Å². The minimum absolute atomic E-state index is 0. The van der Waals surface area contributed by atoms with Gasteiger partial charge in [-0.15, -0.1) is 12.4 Å². The van der Waals surface area contributed by atoms with Gasteiger partial charge in [-0.3, -0.25) is 4.90 Å². The second-order valence-corrected chi connectivity index (χ2v) is 6.36. The monoisotopic (exact) mass is 298 g/mol. The van der Waals surface area contributed by atoms with Crippen LogP contribution in [0.25, 0.3) is 0 Å². The Labute approximate surface area is 128 Å². The molecule has 1 heterocycles. The van der Waals surface area contributed by atoms with E-state index in [0.717, 1.165) is 26.2 Å². The molecule has 0 unspecified atom stereocenters. The first-order chi connectivity index (χ1) is 9.02. The van der Waals surface area contributed by atoms with Crippen LogP contribution in [-0.2, 0) is 5.41 Å². The average molecular weight is 299 g/mol. The SMILES string of the molecule is CC(C)(C)c1ccc([C@H](CO)N2CCNCC2)cc1.Cl. The second-order valence-electron chi connectivity index (χ2n) is 6.36. The lowest BCUT2D eigenvalue weighted by atomic mass is 9.86. The molecular weight excluding hydrogens is 272 g/mol. The lowest BCUT2D eigenvalue weighted by Crippen LogP contribution is -2.46. The number of aliphatic hydroxyl groups excluding tert-OH is 1. The molecule has 1 aliphatic heterocycles. The molecule has 2 rings (SSSR count). The predicted molar refractivity (Wildman–Crippen MR) is 86.7 cm³/mol. The molecule has 20 heavy (non-hydrogen) atoms. The van der Waals surface area contributed by atoms with Crippen molar-refractivity contribution < 1.29 is 5.11 Å². The normalized spacial score (nSPS) is 18.4. The van der Waals surface area contributed by atoms with E-state index in [0.29, 0.717) is 0 Å². The van der Waals surface area contributed by atoms with Gasteiger partial charge in [-0.2, -0.15) is 0 Å². The number of hydrogen-bond donors (Lipinski definition) is 2. The molecule has 0 aromatic heterocycles. The van der Waals surface area contributed by atoms with Crippen molar-refractivity contribution in [2.45, 2.75) is 32.2 Å². The maximum atomic E-state index is 9.70. The summed E-state index contributed by atoms with van der Waals surface area (Å²) >= 11 is 0. The summed E-state index contributed by atoms with van der Waals surface area (Å²) in [4.78, 5) is 2.36. The van der Waals surface area contributed by atoms with Crippen LogP contribution in [0.3, 0.4) is 0 Å². The predicted octanol–water partition coefficient (Wildman–Crippen LogP) is 2.34. The van der Waals surface area contributed by atoms with Crippen LogP contribution in [0.15, 0.2) is 24.3 Å². The van der Waals surface area contributed by atoms with Gasteiger partial charge in [0.2, 0.25) is 0 Å². The molecule has 1 atom stereocenters. The molecule has 0 amide bonds. The Morgan fingerprint density at radius 2 is 1.70 bits per heavy atom. The first-order valence-corrected chi connectivity index (χ1v) is 7.18. The van der Waals surface area contributed by atoms with Crippen molar-refractivity contribution in [2.75, 3.05) is 32.8 Å². The quantitative estimate of drug-likeness (QED) is 0.899. The van der Waals surface area contributed by atoms with Crippen LogP contribution in [0.4, 0.5) is 0 Å². The molecule has 3 nitrogen and oxygen atoms in total. The summed E-state index contributed by atoms with van der Waals surface area (Å²) in [7, 11) is 0. The number of rotatable bonds is 3. The van der Waals surface area contributed by atoms with E-state index in [-0.39, 0.29) is 30.5 Å². The van der Waals surface area contributed by atoms with Crippen molar-refractivity contribution in [3.8, 4) is 0 Å². The standard InChI is InChI=1S/C16H26N2O.ClH/c1-16(2,3)14-6-4-13(5-7-14)15(12-19)18-10-8-17-9-11-18;/h4-7,15,17,19H,8-12H2,1-3H3;1H/t15-;/m0./s1. The van der Waals surface area contributed by atoms with Crippen molar-refractivity contribution in [1.82, 2.24) is 10.2 Å². The summed E-state index contributed by atoms with van der Waals surface area (Å²) in [6, 6.07) is 8.86. The Kier molecular flexibility index (Phi) is 6.46. The first-order valence-electron chi connectivity index (χ1n) is 7.18. The number of halogens is 1. The molecule has 1 saturated heterocycles. The van der Waals surface area contributed by atoms with Gasteiger partial charge in [0.25, 0.3) is 0 Å². The number of nitrogens with one attached hydrogen (secondary N) is 1. The Balaban J connectivity index is 0.00000200. The highest BCUT2D eigenvalue weighted by molar-refractivity contribution is 5.85. The highest BCUT2D eigenvalue weighted by Gasteiger charge is 2.22. The van der Waals surface area contributed by atoms with Crippen LogP contribution in [0.5, 0.6) is 0 Å². The topological polar surface area (TPSA) is 35.5 Å². The summed E-state index contributed by atoms with van der Waals surface area (Å²) in [5, 5.41) is 13.0. The van der Waals surface area contributed by atoms with Crippen LogP contribution < -0.4 is 5.32 Å². The smallest absolute Gasteiger partial charge is 0.0628 e. The van der Waals surface area contributed by atoms with Gasteiger partial charge in [0.15, 0.2) is 0 Å². The molecule has 0 saturated carbocycles. The minimum atomic E-state index is 0. The van der Waals surface area contributed by atoms with Gasteiger partial charge >= 0.3 is 0 Å². The molecule has 0 aliphatic carbocycles. The summed E-state index contributed by atoms with van der Waals surface area (Å²) in [6.07, 6.45) is 0. The van der Waals surface area contributed by atoms with Gasteiger partial charge in [-0.1, -0.05) is 45.0 Å². The molecule has 0 radical (unpaired) electrons. The molecule has 2 N–H and O–H groups in total. The van der Waals surface area contributed by atoms with E-state index in [1.807, 2.05) is 0 Å². The number of benzene rings is 1. The zero-order chi connectivity index (χ0) is 13.9. The zero-order valence-electron chi connectivity index (χ0n) is 12.7. The van der Waals surface area contributed by atoms with E-state index in [1.54, 1.807) is 0 Å². The summed E-state index contributed by atoms with van der Waals surface area (Å²) in [5.41, 5.74) is 2.74. The summed E-state index contributed by atoms with van der Waals surface area (Å²) in [5.74, 6) is 0. The Morgan fingerprint density at radius 1 is 1.15 bits per heavy atom. The maximum Gasteiger partial charge on any atom is 0.0628 e. The summed E-state index contributed by atoms with van der Waals surface area (Å²) in [6.45, 7) is 10.9. The second kappa shape index (κ2) is 7.41. The fraction of sp³-hybridized carbons (Fsp3) is 0.625. The van der Waals surface area contributed by atoms with Crippen LogP contribution >= 0.6 is 12.4 Å². The van der Waals surface area contributed by atoms with Gasteiger partial charge in [0.05, 0.1) is 12.6 Å². The van der Waals surface area contributed by atoms with Crippen molar-refractivity contribution in [3.63, 3.8) is 0 Å². The lowest BCUT2D eigenvalue weighted by Gasteiger charge is -2.34. The molecule has 1 aliphatic rings. The Morgan fingerprint density at radius 3 is 2.15 bits per heavy atom. The summed E-state index contributed by atoms with van der Waals surface area (Å²) < 4.78 is 0. The van der Waals surface area contributed by atoms with E-state index in [4.69, 9.17) is 0 Å². The molecule has 114 valence electrons. The van der Waals surface area contributed by atoms with Gasteiger partial charge in [-0.25, -0.2) is 0 Å². The number of hydrogen-bond acceptors (Lipinski definition) is 3. The Bertz CT molecular complexity index is 394. The van der Waals surface area contributed by atoms with Crippen molar-refractivity contribution in [3.05, 3.63) is 35.4 Å². The molecule has 1 fully saturated rings.